The first kappa shape index (κ1) is 17.7. The van der Waals surface area contributed by atoms with Crippen molar-refractivity contribution in [2.24, 2.45) is 0 Å². The molecule has 0 saturated heterocycles. The zero-order valence-corrected chi connectivity index (χ0v) is 14.8. The number of hydrogen-bond acceptors (Lipinski definition) is 3. The molecule has 1 heterocycles. The van der Waals surface area contributed by atoms with Gasteiger partial charge >= 0.3 is 5.97 Å². The number of nitrogens with one attached hydrogen (secondary N) is 1. The number of imidazole rings is 1. The van der Waals surface area contributed by atoms with Crippen molar-refractivity contribution in [2.75, 3.05) is 0 Å². The maximum absolute atomic E-state index is 12.4. The van der Waals surface area contributed by atoms with E-state index >= 15 is 0 Å². The Kier molecular flexibility index (Phi) is 5.02. The number of aromatic carboxylic acids is 1. The molecule has 2 aromatic carbocycles. The smallest absolute Gasteiger partial charge is 0.335 e. The molecule has 0 saturated carbocycles. The molecule has 1 unspecified atom stereocenters. The van der Waals surface area contributed by atoms with Crippen LogP contribution in [0.25, 0.3) is 11.0 Å². The van der Waals surface area contributed by atoms with Crippen LogP contribution in [0.1, 0.15) is 41.6 Å². The molecule has 26 heavy (non-hydrogen) atoms. The van der Waals surface area contributed by atoms with Crippen molar-refractivity contribution >= 4 is 22.9 Å². The van der Waals surface area contributed by atoms with Crippen LogP contribution in [0.2, 0.25) is 0 Å². The number of amides is 1. The normalized spacial score (nSPS) is 12.1. The van der Waals surface area contributed by atoms with Crippen LogP contribution in [0.15, 0.2) is 48.5 Å². The minimum absolute atomic E-state index is 0.123. The van der Waals surface area contributed by atoms with Crippen molar-refractivity contribution in [1.29, 1.82) is 0 Å². The fourth-order valence-electron chi connectivity index (χ4n) is 3.11. The van der Waals surface area contributed by atoms with Gasteiger partial charge in [0, 0.05) is 6.54 Å². The molecule has 0 aliphatic rings. The van der Waals surface area contributed by atoms with Crippen molar-refractivity contribution in [2.45, 2.75) is 32.9 Å². The van der Waals surface area contributed by atoms with Crippen LogP contribution < -0.4 is 5.32 Å². The molecule has 1 atom stereocenters. The number of aryl methyl sites for hydroxylation is 1. The lowest BCUT2D eigenvalue weighted by Gasteiger charge is -2.15. The summed E-state index contributed by atoms with van der Waals surface area (Å²) < 4.78 is 2.09. The zero-order chi connectivity index (χ0) is 18.7. The maximum Gasteiger partial charge on any atom is 0.335 e. The number of aromatic nitrogens is 2. The van der Waals surface area contributed by atoms with Gasteiger partial charge in [-0.1, -0.05) is 24.3 Å². The summed E-state index contributed by atoms with van der Waals surface area (Å²) in [4.78, 5) is 28.1. The maximum atomic E-state index is 12.4. The molecule has 0 radical (unpaired) electrons. The highest BCUT2D eigenvalue weighted by atomic mass is 16.4. The van der Waals surface area contributed by atoms with E-state index in [9.17, 15) is 9.59 Å². The summed E-state index contributed by atoms with van der Waals surface area (Å²) in [6.07, 6.45) is 0.123. The summed E-state index contributed by atoms with van der Waals surface area (Å²) in [6.45, 7) is 4.71. The van der Waals surface area contributed by atoms with Gasteiger partial charge in [0.05, 0.1) is 29.1 Å². The van der Waals surface area contributed by atoms with Gasteiger partial charge in [-0.2, -0.15) is 0 Å². The number of fused-ring (bicyclic) bond motifs is 1. The molecule has 0 aliphatic heterocycles. The summed E-state index contributed by atoms with van der Waals surface area (Å²) in [5.74, 6) is -0.367. The Morgan fingerprint density at radius 2 is 1.96 bits per heavy atom. The standard InChI is InChI=1S/C20H21N3O3/c1-3-23-17-10-5-4-9-16(17)22-19(23)13(2)21-18(24)12-14-7-6-8-15(11-14)20(25)26/h4-11,13H,3,12H2,1-2H3,(H,21,24)(H,25,26). The number of hydrogen-bond donors (Lipinski definition) is 2. The highest BCUT2D eigenvalue weighted by Crippen LogP contribution is 2.20. The molecule has 6 heteroatoms. The lowest BCUT2D eigenvalue weighted by Crippen LogP contribution is -2.30. The Labute approximate surface area is 151 Å². The predicted octanol–water partition coefficient (Wildman–Crippen LogP) is 3.17. The topological polar surface area (TPSA) is 84.2 Å². The lowest BCUT2D eigenvalue weighted by molar-refractivity contribution is -0.121. The Morgan fingerprint density at radius 1 is 1.19 bits per heavy atom. The number of benzene rings is 2. The number of carboxylic acids is 1. The molecule has 1 aromatic heterocycles. The largest absolute Gasteiger partial charge is 0.478 e. The van der Waals surface area contributed by atoms with E-state index in [-0.39, 0.29) is 23.9 Å². The minimum Gasteiger partial charge on any atom is -0.478 e. The molecule has 0 spiro atoms. The molecule has 2 N–H and O–H groups in total. The van der Waals surface area contributed by atoms with Crippen LogP contribution in [-0.4, -0.2) is 26.5 Å². The van der Waals surface area contributed by atoms with E-state index in [1.807, 2.05) is 38.1 Å². The van der Waals surface area contributed by atoms with Crippen molar-refractivity contribution in [3.63, 3.8) is 0 Å². The monoisotopic (exact) mass is 351 g/mol. The van der Waals surface area contributed by atoms with Gasteiger partial charge in [0.2, 0.25) is 5.91 Å². The summed E-state index contributed by atoms with van der Waals surface area (Å²) in [5.41, 5.74) is 2.79. The number of rotatable bonds is 6. The van der Waals surface area contributed by atoms with Gasteiger partial charge in [-0.3, -0.25) is 4.79 Å². The van der Waals surface area contributed by atoms with Crippen LogP contribution in [0.5, 0.6) is 0 Å². The van der Waals surface area contributed by atoms with Crippen molar-refractivity contribution < 1.29 is 14.7 Å². The van der Waals surface area contributed by atoms with Crippen molar-refractivity contribution in [3.05, 3.63) is 65.5 Å². The van der Waals surface area contributed by atoms with Gasteiger partial charge in [0.25, 0.3) is 0 Å². The molecule has 0 aliphatic carbocycles. The Bertz CT molecular complexity index is 962. The average molecular weight is 351 g/mol. The molecule has 0 bridgehead atoms. The molecular weight excluding hydrogens is 330 g/mol. The van der Waals surface area contributed by atoms with E-state index in [1.165, 1.54) is 12.1 Å². The first-order valence-electron chi connectivity index (χ1n) is 8.56. The second kappa shape index (κ2) is 7.39. The van der Waals surface area contributed by atoms with Gasteiger partial charge in [-0.15, -0.1) is 0 Å². The first-order chi connectivity index (χ1) is 12.5. The molecule has 6 nitrogen and oxygen atoms in total. The SMILES string of the molecule is CCn1c(C(C)NC(=O)Cc2cccc(C(=O)O)c2)nc2ccccc21. The zero-order valence-electron chi connectivity index (χ0n) is 14.8. The van der Waals surface area contributed by atoms with Crippen LogP contribution in [0, 0.1) is 0 Å². The Hall–Kier alpha value is -3.15. The first-order valence-corrected chi connectivity index (χ1v) is 8.56. The van der Waals surface area contributed by atoms with E-state index in [4.69, 9.17) is 5.11 Å². The van der Waals surface area contributed by atoms with Crippen LogP contribution in [-0.2, 0) is 17.8 Å². The minimum atomic E-state index is -1.00. The van der Waals surface area contributed by atoms with Gasteiger partial charge in [0.15, 0.2) is 0 Å². The number of carbonyl (C=O) groups is 2. The molecule has 0 fully saturated rings. The average Bonchev–Trinajstić information content (AvgIpc) is 3.00. The summed E-state index contributed by atoms with van der Waals surface area (Å²) in [7, 11) is 0. The highest BCUT2D eigenvalue weighted by molar-refractivity contribution is 5.88. The fourth-order valence-corrected chi connectivity index (χ4v) is 3.11. The Morgan fingerprint density at radius 3 is 2.69 bits per heavy atom. The second-order valence-corrected chi connectivity index (χ2v) is 6.17. The van der Waals surface area contributed by atoms with Crippen LogP contribution >= 0.6 is 0 Å². The van der Waals surface area contributed by atoms with Crippen LogP contribution in [0.3, 0.4) is 0 Å². The lowest BCUT2D eigenvalue weighted by atomic mass is 10.1. The van der Waals surface area contributed by atoms with E-state index in [2.05, 4.69) is 14.9 Å². The van der Waals surface area contributed by atoms with Crippen molar-refractivity contribution in [3.8, 4) is 0 Å². The van der Waals surface area contributed by atoms with Gasteiger partial charge in [0.1, 0.15) is 5.82 Å². The van der Waals surface area contributed by atoms with E-state index in [0.29, 0.717) is 5.56 Å². The third-order valence-corrected chi connectivity index (χ3v) is 4.30. The fraction of sp³-hybridized carbons (Fsp3) is 0.250. The van der Waals surface area contributed by atoms with Gasteiger partial charge in [-0.25, -0.2) is 9.78 Å². The Balaban J connectivity index is 1.75. The highest BCUT2D eigenvalue weighted by Gasteiger charge is 2.18. The van der Waals surface area contributed by atoms with E-state index < -0.39 is 5.97 Å². The molecule has 134 valence electrons. The molecule has 3 rings (SSSR count). The van der Waals surface area contributed by atoms with Gasteiger partial charge in [-0.05, 0) is 43.7 Å². The number of para-hydroxylation sites is 2. The molecule has 1 amide bonds. The van der Waals surface area contributed by atoms with E-state index in [0.717, 1.165) is 23.4 Å². The number of carbonyl (C=O) groups excluding carboxylic acids is 1. The summed E-state index contributed by atoms with van der Waals surface area (Å²) in [6, 6.07) is 14.1. The summed E-state index contributed by atoms with van der Waals surface area (Å²) >= 11 is 0. The number of carboxylic acid groups (broad SMARTS) is 1. The third-order valence-electron chi connectivity index (χ3n) is 4.30. The molecule has 3 aromatic rings. The second-order valence-electron chi connectivity index (χ2n) is 6.17. The summed E-state index contributed by atoms with van der Waals surface area (Å²) in [5, 5.41) is 12.0. The third kappa shape index (κ3) is 3.59. The number of nitrogens with zero attached hydrogens (tertiary/aromatic N) is 2. The van der Waals surface area contributed by atoms with Gasteiger partial charge < -0.3 is 15.0 Å². The predicted molar refractivity (Wildman–Crippen MR) is 99.1 cm³/mol. The molecular formula is C20H21N3O3. The van der Waals surface area contributed by atoms with Crippen molar-refractivity contribution in [1.82, 2.24) is 14.9 Å². The van der Waals surface area contributed by atoms with E-state index in [1.54, 1.807) is 12.1 Å². The van der Waals surface area contributed by atoms with Crippen LogP contribution in [0.4, 0.5) is 0 Å². The quantitative estimate of drug-likeness (QED) is 0.714.